The number of halogens is 1. The molecule has 1 amide bonds. The third kappa shape index (κ3) is 3.40. The molecule has 144 valence electrons. The minimum Gasteiger partial charge on any atom is -0.330 e. The molecule has 3 aromatic rings. The van der Waals surface area contributed by atoms with Gasteiger partial charge in [0.05, 0.1) is 24.1 Å². The van der Waals surface area contributed by atoms with Gasteiger partial charge in [0.1, 0.15) is 11.6 Å². The van der Waals surface area contributed by atoms with E-state index in [2.05, 4.69) is 23.8 Å². The molecule has 28 heavy (non-hydrogen) atoms. The van der Waals surface area contributed by atoms with Gasteiger partial charge in [0.15, 0.2) is 5.82 Å². The van der Waals surface area contributed by atoms with Crippen molar-refractivity contribution in [3.63, 3.8) is 0 Å². The second kappa shape index (κ2) is 7.50. The van der Waals surface area contributed by atoms with Gasteiger partial charge in [-0.15, -0.1) is 0 Å². The van der Waals surface area contributed by atoms with Gasteiger partial charge in [-0.1, -0.05) is 13.8 Å². The topological polar surface area (TPSA) is 63.9 Å². The molecule has 3 heterocycles. The zero-order valence-electron chi connectivity index (χ0n) is 15.9. The first kappa shape index (κ1) is 18.3. The molecule has 0 saturated carbocycles. The van der Waals surface area contributed by atoms with E-state index in [9.17, 15) is 9.18 Å². The Morgan fingerprint density at radius 3 is 2.75 bits per heavy atom. The van der Waals surface area contributed by atoms with Crippen LogP contribution in [0.1, 0.15) is 60.5 Å². The number of carbonyl (C=O) groups is 1. The summed E-state index contributed by atoms with van der Waals surface area (Å²) in [4.78, 5) is 28.3. The Morgan fingerprint density at radius 1 is 1.21 bits per heavy atom. The number of benzene rings is 1. The molecule has 1 aromatic carbocycles. The summed E-state index contributed by atoms with van der Waals surface area (Å²) in [5.41, 5.74) is 1.24. The molecule has 0 bridgehead atoms. The molecule has 7 heteroatoms. The van der Waals surface area contributed by atoms with Crippen LogP contribution in [0.5, 0.6) is 0 Å². The monoisotopic (exact) mass is 379 g/mol. The zero-order valence-corrected chi connectivity index (χ0v) is 15.9. The molecule has 0 N–H and O–H groups in total. The number of imidazole rings is 1. The number of aromatic nitrogens is 4. The number of hydrogen-bond donors (Lipinski definition) is 0. The van der Waals surface area contributed by atoms with E-state index < -0.39 is 0 Å². The highest BCUT2D eigenvalue weighted by Gasteiger charge is 2.32. The molecule has 1 aliphatic heterocycles. The lowest BCUT2D eigenvalue weighted by atomic mass is 10.1. The van der Waals surface area contributed by atoms with Crippen molar-refractivity contribution in [2.45, 2.75) is 38.6 Å². The number of hydrogen-bond acceptors (Lipinski definition) is 4. The van der Waals surface area contributed by atoms with E-state index in [0.717, 1.165) is 24.4 Å². The maximum absolute atomic E-state index is 13.2. The first-order valence-electron chi connectivity index (χ1n) is 9.46. The van der Waals surface area contributed by atoms with Crippen LogP contribution in [0.2, 0.25) is 0 Å². The fourth-order valence-corrected chi connectivity index (χ4v) is 3.66. The smallest absolute Gasteiger partial charge is 0.254 e. The molecule has 1 saturated heterocycles. The molecule has 0 aliphatic carbocycles. The van der Waals surface area contributed by atoms with Gasteiger partial charge >= 0.3 is 0 Å². The Bertz CT molecular complexity index is 982. The molecule has 2 aromatic heterocycles. The molecule has 1 aliphatic rings. The van der Waals surface area contributed by atoms with E-state index >= 15 is 0 Å². The van der Waals surface area contributed by atoms with Crippen molar-refractivity contribution in [1.82, 2.24) is 24.4 Å². The van der Waals surface area contributed by atoms with Crippen LogP contribution >= 0.6 is 0 Å². The summed E-state index contributed by atoms with van der Waals surface area (Å²) in [5, 5.41) is 0. The summed E-state index contributed by atoms with van der Waals surface area (Å²) >= 11 is 0. The Balaban J connectivity index is 1.64. The number of carbonyl (C=O) groups excluding carboxylic acids is 1. The normalized spacial score (nSPS) is 16.7. The third-order valence-electron chi connectivity index (χ3n) is 5.02. The summed E-state index contributed by atoms with van der Waals surface area (Å²) in [5.74, 6) is 1.40. The maximum Gasteiger partial charge on any atom is 0.254 e. The molecule has 0 radical (unpaired) electrons. The molecule has 0 spiro atoms. The Labute approximate surface area is 163 Å². The van der Waals surface area contributed by atoms with Crippen molar-refractivity contribution in [3.8, 4) is 5.82 Å². The van der Waals surface area contributed by atoms with Gasteiger partial charge in [0.2, 0.25) is 0 Å². The summed E-state index contributed by atoms with van der Waals surface area (Å²) in [6, 6.07) is 5.53. The van der Waals surface area contributed by atoms with Gasteiger partial charge in [-0.2, -0.15) is 0 Å². The summed E-state index contributed by atoms with van der Waals surface area (Å²) in [6.07, 6.45) is 8.77. The lowest BCUT2D eigenvalue weighted by Gasteiger charge is -2.24. The second-order valence-corrected chi connectivity index (χ2v) is 7.28. The van der Waals surface area contributed by atoms with Gasteiger partial charge < -0.3 is 4.90 Å². The van der Waals surface area contributed by atoms with Crippen LogP contribution in [0.15, 0.2) is 49.1 Å². The highest BCUT2D eigenvalue weighted by Crippen LogP contribution is 2.32. The number of amides is 1. The van der Waals surface area contributed by atoms with E-state index in [0.29, 0.717) is 17.9 Å². The largest absolute Gasteiger partial charge is 0.330 e. The van der Waals surface area contributed by atoms with Gasteiger partial charge in [0, 0.05) is 30.4 Å². The molecular formula is C21H22FN5O. The molecule has 1 fully saturated rings. The predicted molar refractivity (Wildman–Crippen MR) is 103 cm³/mol. The number of nitrogens with zero attached hydrogens (tertiary/aromatic N) is 5. The molecule has 1 atom stereocenters. The molecule has 6 nitrogen and oxygen atoms in total. The fraction of sp³-hybridized carbons (Fsp3) is 0.333. The molecular weight excluding hydrogens is 357 g/mol. The SMILES string of the molecule is CC(C)c1nccn1-c1cncc([C@H]2CCCN2C(=O)c2ccc(F)cc2)n1. The quantitative estimate of drug-likeness (QED) is 0.690. The third-order valence-corrected chi connectivity index (χ3v) is 5.02. The minimum absolute atomic E-state index is 0.111. The van der Waals surface area contributed by atoms with Crippen LogP contribution in [0.25, 0.3) is 5.82 Å². The maximum atomic E-state index is 13.2. The zero-order chi connectivity index (χ0) is 19.7. The highest BCUT2D eigenvalue weighted by atomic mass is 19.1. The van der Waals surface area contributed by atoms with Crippen LogP contribution in [-0.2, 0) is 0 Å². The average Bonchev–Trinajstić information content (AvgIpc) is 3.38. The second-order valence-electron chi connectivity index (χ2n) is 7.28. The van der Waals surface area contributed by atoms with Crippen LogP contribution in [-0.4, -0.2) is 36.9 Å². The first-order chi connectivity index (χ1) is 13.5. The van der Waals surface area contributed by atoms with Crippen molar-refractivity contribution in [3.05, 3.63) is 72.0 Å². The van der Waals surface area contributed by atoms with Crippen LogP contribution in [0.3, 0.4) is 0 Å². The fourth-order valence-electron chi connectivity index (χ4n) is 3.66. The summed E-state index contributed by atoms with van der Waals surface area (Å²) in [6.45, 7) is 4.81. The van der Waals surface area contributed by atoms with Crippen molar-refractivity contribution < 1.29 is 9.18 Å². The van der Waals surface area contributed by atoms with Crippen molar-refractivity contribution in [1.29, 1.82) is 0 Å². The molecule has 0 unspecified atom stereocenters. The van der Waals surface area contributed by atoms with Crippen molar-refractivity contribution >= 4 is 5.91 Å². The Hall–Kier alpha value is -3.09. The van der Waals surface area contributed by atoms with Crippen LogP contribution in [0, 0.1) is 5.82 Å². The van der Waals surface area contributed by atoms with E-state index in [1.54, 1.807) is 23.5 Å². The van der Waals surface area contributed by atoms with E-state index in [1.807, 2.05) is 10.8 Å². The number of likely N-dealkylation sites (tertiary alicyclic amines) is 1. The lowest BCUT2D eigenvalue weighted by molar-refractivity contribution is 0.0732. The van der Waals surface area contributed by atoms with Gasteiger partial charge in [-0.3, -0.25) is 14.3 Å². The Kier molecular flexibility index (Phi) is 4.90. The molecule has 4 rings (SSSR count). The van der Waals surface area contributed by atoms with E-state index in [1.165, 1.54) is 24.3 Å². The minimum atomic E-state index is -0.352. The van der Waals surface area contributed by atoms with Crippen LogP contribution < -0.4 is 0 Å². The highest BCUT2D eigenvalue weighted by molar-refractivity contribution is 5.94. The van der Waals surface area contributed by atoms with Crippen molar-refractivity contribution in [2.75, 3.05) is 6.54 Å². The average molecular weight is 379 g/mol. The van der Waals surface area contributed by atoms with Gasteiger partial charge in [-0.05, 0) is 37.1 Å². The van der Waals surface area contributed by atoms with Crippen molar-refractivity contribution in [2.24, 2.45) is 0 Å². The summed E-state index contributed by atoms with van der Waals surface area (Å²) < 4.78 is 15.1. The predicted octanol–water partition coefficient (Wildman–Crippen LogP) is 3.90. The number of rotatable bonds is 4. The van der Waals surface area contributed by atoms with E-state index in [-0.39, 0.29) is 23.7 Å². The first-order valence-corrected chi connectivity index (χ1v) is 9.46. The van der Waals surface area contributed by atoms with E-state index in [4.69, 9.17) is 4.98 Å². The Morgan fingerprint density at radius 2 is 2.00 bits per heavy atom. The van der Waals surface area contributed by atoms with Crippen LogP contribution in [0.4, 0.5) is 4.39 Å². The summed E-state index contributed by atoms with van der Waals surface area (Å²) in [7, 11) is 0. The van der Waals surface area contributed by atoms with Gasteiger partial charge in [0.25, 0.3) is 5.91 Å². The standard InChI is InChI=1S/C21H22FN5O/c1-14(2)20-24-9-11-27(20)19-13-23-12-17(25-19)18-4-3-10-26(18)21(28)15-5-7-16(22)8-6-15/h5-9,11-14,18H,3-4,10H2,1-2H3/t18-/m1/s1. The lowest BCUT2D eigenvalue weighted by Crippen LogP contribution is -2.31. The van der Waals surface area contributed by atoms with Gasteiger partial charge in [-0.25, -0.2) is 14.4 Å².